The van der Waals surface area contributed by atoms with E-state index in [9.17, 15) is 9.59 Å². The molecule has 0 fully saturated rings. The fourth-order valence-corrected chi connectivity index (χ4v) is 3.01. The first-order valence-corrected chi connectivity index (χ1v) is 8.35. The average Bonchev–Trinajstić information content (AvgIpc) is 2.69. The highest BCUT2D eigenvalue weighted by molar-refractivity contribution is 5.97. The molecule has 0 aliphatic heterocycles. The molecule has 4 nitrogen and oxygen atoms in total. The van der Waals surface area contributed by atoms with Gasteiger partial charge in [-0.1, -0.05) is 60.7 Å². The molecule has 0 saturated carbocycles. The van der Waals surface area contributed by atoms with Crippen molar-refractivity contribution in [2.24, 2.45) is 5.73 Å². The quantitative estimate of drug-likeness (QED) is 0.768. The molecule has 0 spiro atoms. The molecular weight excluding hydrogens is 324 g/mol. The lowest BCUT2D eigenvalue weighted by molar-refractivity contribution is 0.0754. The van der Waals surface area contributed by atoms with Crippen LogP contribution in [0.25, 0.3) is 0 Å². The maximum absolute atomic E-state index is 13.0. The SMILES string of the molecule is CN(C(=O)c1ccc(C(N)=O)cc1)C(c1ccccc1)c1ccccc1. The van der Waals surface area contributed by atoms with Crippen molar-refractivity contribution in [3.05, 3.63) is 107 Å². The Labute approximate surface area is 152 Å². The molecule has 4 heteroatoms. The zero-order chi connectivity index (χ0) is 18.5. The van der Waals surface area contributed by atoms with Crippen molar-refractivity contribution in [2.75, 3.05) is 7.05 Å². The Bertz CT molecular complexity index is 851. The Hall–Kier alpha value is -3.40. The Balaban J connectivity index is 1.96. The summed E-state index contributed by atoms with van der Waals surface area (Å²) < 4.78 is 0. The standard InChI is InChI=1S/C22H20N2O2/c1-24(22(26)19-14-12-18(13-15-19)21(23)25)20(16-8-4-2-5-9-16)17-10-6-3-7-11-17/h2-15,20H,1H3,(H2,23,25). The summed E-state index contributed by atoms with van der Waals surface area (Å²) in [4.78, 5) is 26.0. The van der Waals surface area contributed by atoms with Crippen molar-refractivity contribution >= 4 is 11.8 Å². The topological polar surface area (TPSA) is 63.4 Å². The molecule has 0 unspecified atom stereocenters. The normalized spacial score (nSPS) is 10.5. The van der Waals surface area contributed by atoms with Crippen molar-refractivity contribution in [3.8, 4) is 0 Å². The smallest absolute Gasteiger partial charge is 0.254 e. The van der Waals surface area contributed by atoms with E-state index in [1.807, 2.05) is 60.7 Å². The van der Waals surface area contributed by atoms with Crippen LogP contribution in [0.1, 0.15) is 37.9 Å². The number of rotatable bonds is 5. The second kappa shape index (κ2) is 7.66. The maximum atomic E-state index is 13.0. The largest absolute Gasteiger partial charge is 0.366 e. The third-order valence-electron chi connectivity index (χ3n) is 4.35. The average molecular weight is 344 g/mol. The monoisotopic (exact) mass is 344 g/mol. The van der Waals surface area contributed by atoms with Gasteiger partial charge < -0.3 is 10.6 Å². The van der Waals surface area contributed by atoms with Crippen LogP contribution in [0.3, 0.4) is 0 Å². The highest BCUT2D eigenvalue weighted by Gasteiger charge is 2.24. The molecule has 0 aliphatic carbocycles. The van der Waals surface area contributed by atoms with E-state index in [0.29, 0.717) is 11.1 Å². The van der Waals surface area contributed by atoms with Gasteiger partial charge in [-0.05, 0) is 35.4 Å². The van der Waals surface area contributed by atoms with Crippen molar-refractivity contribution in [1.82, 2.24) is 4.90 Å². The molecule has 3 aromatic carbocycles. The predicted molar refractivity (Wildman–Crippen MR) is 102 cm³/mol. The van der Waals surface area contributed by atoms with E-state index in [2.05, 4.69) is 0 Å². The fraction of sp³-hybridized carbons (Fsp3) is 0.0909. The van der Waals surface area contributed by atoms with Gasteiger partial charge in [-0.3, -0.25) is 9.59 Å². The lowest BCUT2D eigenvalue weighted by Gasteiger charge is -2.29. The lowest BCUT2D eigenvalue weighted by Crippen LogP contribution is -2.32. The Morgan fingerprint density at radius 3 is 1.58 bits per heavy atom. The van der Waals surface area contributed by atoms with E-state index < -0.39 is 5.91 Å². The molecule has 0 atom stereocenters. The molecule has 0 saturated heterocycles. The zero-order valence-electron chi connectivity index (χ0n) is 14.5. The minimum atomic E-state index is -0.510. The first kappa shape index (κ1) is 17.4. The number of nitrogens with two attached hydrogens (primary N) is 1. The summed E-state index contributed by atoms with van der Waals surface area (Å²) in [6.07, 6.45) is 0. The summed E-state index contributed by atoms with van der Waals surface area (Å²) in [6, 6.07) is 26.0. The Morgan fingerprint density at radius 1 is 0.731 bits per heavy atom. The van der Waals surface area contributed by atoms with E-state index in [1.165, 1.54) is 0 Å². The molecule has 0 heterocycles. The Morgan fingerprint density at radius 2 is 1.15 bits per heavy atom. The van der Waals surface area contributed by atoms with Gasteiger partial charge in [-0.25, -0.2) is 0 Å². The van der Waals surface area contributed by atoms with Crippen LogP contribution in [0.15, 0.2) is 84.9 Å². The third-order valence-corrected chi connectivity index (χ3v) is 4.35. The lowest BCUT2D eigenvalue weighted by atomic mass is 9.96. The van der Waals surface area contributed by atoms with Gasteiger partial charge in [0.25, 0.3) is 5.91 Å². The predicted octanol–water partition coefficient (Wildman–Crippen LogP) is 3.65. The summed E-state index contributed by atoms with van der Waals surface area (Å²) in [7, 11) is 1.79. The van der Waals surface area contributed by atoms with Gasteiger partial charge in [0.2, 0.25) is 5.91 Å². The summed E-state index contributed by atoms with van der Waals surface area (Å²) in [5.74, 6) is -0.637. The van der Waals surface area contributed by atoms with Gasteiger partial charge in [-0.2, -0.15) is 0 Å². The molecule has 3 aromatic rings. The van der Waals surface area contributed by atoms with Gasteiger partial charge in [0.15, 0.2) is 0 Å². The third kappa shape index (κ3) is 3.64. The molecular formula is C22H20N2O2. The molecule has 26 heavy (non-hydrogen) atoms. The highest BCUT2D eigenvalue weighted by atomic mass is 16.2. The minimum Gasteiger partial charge on any atom is -0.366 e. The van der Waals surface area contributed by atoms with Gasteiger partial charge in [0.05, 0.1) is 6.04 Å². The molecule has 0 bridgehead atoms. The molecule has 0 radical (unpaired) electrons. The molecule has 0 aliphatic rings. The molecule has 2 amide bonds. The second-order valence-electron chi connectivity index (χ2n) is 6.08. The fourth-order valence-electron chi connectivity index (χ4n) is 3.01. The van der Waals surface area contributed by atoms with Crippen LogP contribution >= 0.6 is 0 Å². The number of carbonyl (C=O) groups excluding carboxylic acids is 2. The number of amides is 2. The van der Waals surface area contributed by atoms with Crippen LogP contribution in [0, 0.1) is 0 Å². The summed E-state index contributed by atoms with van der Waals surface area (Å²) in [5.41, 5.74) is 8.22. The van der Waals surface area contributed by atoms with Crippen LogP contribution in [0.4, 0.5) is 0 Å². The van der Waals surface area contributed by atoms with Crippen LogP contribution in [-0.2, 0) is 0 Å². The second-order valence-corrected chi connectivity index (χ2v) is 6.08. The number of primary amides is 1. The van der Waals surface area contributed by atoms with Gasteiger partial charge >= 0.3 is 0 Å². The molecule has 0 aromatic heterocycles. The number of hydrogen-bond donors (Lipinski definition) is 1. The van der Waals surface area contributed by atoms with Crippen LogP contribution in [0.5, 0.6) is 0 Å². The minimum absolute atomic E-state index is 0.126. The first-order valence-electron chi connectivity index (χ1n) is 8.35. The van der Waals surface area contributed by atoms with Crippen LogP contribution in [-0.4, -0.2) is 23.8 Å². The summed E-state index contributed by atoms with van der Waals surface area (Å²) >= 11 is 0. The zero-order valence-corrected chi connectivity index (χ0v) is 14.5. The van der Waals surface area contributed by atoms with E-state index in [-0.39, 0.29) is 11.9 Å². The number of hydrogen-bond acceptors (Lipinski definition) is 2. The van der Waals surface area contributed by atoms with Crippen molar-refractivity contribution in [1.29, 1.82) is 0 Å². The maximum Gasteiger partial charge on any atom is 0.254 e. The summed E-state index contributed by atoms with van der Waals surface area (Å²) in [6.45, 7) is 0. The van der Waals surface area contributed by atoms with Crippen molar-refractivity contribution in [3.63, 3.8) is 0 Å². The first-order chi connectivity index (χ1) is 12.6. The van der Waals surface area contributed by atoms with Crippen molar-refractivity contribution in [2.45, 2.75) is 6.04 Å². The Kier molecular flexibility index (Phi) is 5.13. The van der Waals surface area contributed by atoms with Gasteiger partial charge in [-0.15, -0.1) is 0 Å². The van der Waals surface area contributed by atoms with Crippen LogP contribution < -0.4 is 5.73 Å². The van der Waals surface area contributed by atoms with E-state index in [1.54, 1.807) is 36.2 Å². The van der Waals surface area contributed by atoms with Crippen LogP contribution in [0.2, 0.25) is 0 Å². The van der Waals surface area contributed by atoms with Crippen molar-refractivity contribution < 1.29 is 9.59 Å². The number of benzene rings is 3. The molecule has 2 N–H and O–H groups in total. The highest BCUT2D eigenvalue weighted by Crippen LogP contribution is 2.28. The number of nitrogens with zero attached hydrogens (tertiary/aromatic N) is 1. The van der Waals surface area contributed by atoms with E-state index >= 15 is 0 Å². The van der Waals surface area contributed by atoms with Gasteiger partial charge in [0.1, 0.15) is 0 Å². The molecule has 3 rings (SSSR count). The summed E-state index contributed by atoms with van der Waals surface area (Å²) in [5, 5.41) is 0. The van der Waals surface area contributed by atoms with Gasteiger partial charge in [0, 0.05) is 18.2 Å². The van der Waals surface area contributed by atoms with E-state index in [0.717, 1.165) is 11.1 Å². The van der Waals surface area contributed by atoms with E-state index in [4.69, 9.17) is 5.73 Å². The molecule has 130 valence electrons. The number of carbonyl (C=O) groups is 2.